The monoisotopic (exact) mass is 223 g/mol. The summed E-state index contributed by atoms with van der Waals surface area (Å²) < 4.78 is 12.9. The lowest BCUT2D eigenvalue weighted by Gasteiger charge is -2.18. The van der Waals surface area contributed by atoms with E-state index in [0.717, 1.165) is 31.5 Å². The van der Waals surface area contributed by atoms with Crippen molar-refractivity contribution in [1.29, 1.82) is 0 Å². The van der Waals surface area contributed by atoms with Crippen LogP contribution in [0.3, 0.4) is 0 Å². The number of hydrogen-bond acceptors (Lipinski definition) is 1. The zero-order valence-electron chi connectivity index (χ0n) is 10.5. The fourth-order valence-electron chi connectivity index (χ4n) is 1.57. The Kier molecular flexibility index (Phi) is 4.94. The van der Waals surface area contributed by atoms with Gasteiger partial charge in [0.25, 0.3) is 0 Å². The molecule has 0 saturated heterocycles. The lowest BCUT2D eigenvalue weighted by Crippen LogP contribution is -2.27. The van der Waals surface area contributed by atoms with Crippen LogP contribution in [0.5, 0.6) is 0 Å². The predicted octanol–water partition coefficient (Wildman–Crippen LogP) is 3.39. The van der Waals surface area contributed by atoms with Crippen LogP contribution in [0.15, 0.2) is 24.3 Å². The van der Waals surface area contributed by atoms with E-state index in [1.807, 2.05) is 6.07 Å². The van der Waals surface area contributed by atoms with E-state index < -0.39 is 0 Å². The van der Waals surface area contributed by atoms with Crippen molar-refractivity contribution in [3.05, 3.63) is 35.6 Å². The number of hydrogen-bond donors (Lipinski definition) is 1. The number of nitrogens with one attached hydrogen (secondary N) is 1. The summed E-state index contributed by atoms with van der Waals surface area (Å²) in [4.78, 5) is 0. The van der Waals surface area contributed by atoms with E-state index in [-0.39, 0.29) is 5.82 Å². The third-order valence-corrected chi connectivity index (χ3v) is 2.36. The van der Waals surface area contributed by atoms with Crippen molar-refractivity contribution < 1.29 is 4.39 Å². The van der Waals surface area contributed by atoms with Crippen LogP contribution in [0, 0.1) is 11.2 Å². The third kappa shape index (κ3) is 5.86. The fourth-order valence-corrected chi connectivity index (χ4v) is 1.57. The van der Waals surface area contributed by atoms with E-state index in [0.29, 0.717) is 5.41 Å². The lowest BCUT2D eigenvalue weighted by molar-refractivity contribution is 0.379. The quantitative estimate of drug-likeness (QED) is 0.754. The average Bonchev–Trinajstić information content (AvgIpc) is 2.15. The van der Waals surface area contributed by atoms with Crippen LogP contribution in [-0.4, -0.2) is 13.1 Å². The Bertz CT molecular complexity index is 315. The molecule has 90 valence electrons. The van der Waals surface area contributed by atoms with Crippen LogP contribution >= 0.6 is 0 Å². The van der Waals surface area contributed by atoms with Gasteiger partial charge in [-0.25, -0.2) is 4.39 Å². The molecule has 2 heteroatoms. The zero-order chi connectivity index (χ0) is 12.0. The van der Waals surface area contributed by atoms with Gasteiger partial charge in [0, 0.05) is 0 Å². The molecule has 1 rings (SSSR count). The summed E-state index contributed by atoms with van der Waals surface area (Å²) >= 11 is 0. The highest BCUT2D eigenvalue weighted by Gasteiger charge is 2.08. The molecule has 16 heavy (non-hydrogen) atoms. The molecule has 0 amide bonds. The van der Waals surface area contributed by atoms with E-state index >= 15 is 0 Å². The van der Waals surface area contributed by atoms with E-state index in [4.69, 9.17) is 0 Å². The van der Waals surface area contributed by atoms with Crippen LogP contribution in [-0.2, 0) is 6.42 Å². The van der Waals surface area contributed by atoms with Gasteiger partial charge in [-0.3, -0.25) is 0 Å². The first kappa shape index (κ1) is 13.2. The van der Waals surface area contributed by atoms with Crippen molar-refractivity contribution in [3.8, 4) is 0 Å². The molecule has 0 aromatic heterocycles. The zero-order valence-corrected chi connectivity index (χ0v) is 10.5. The summed E-state index contributed by atoms with van der Waals surface area (Å²) in [7, 11) is 0. The molecule has 0 saturated carbocycles. The highest BCUT2D eigenvalue weighted by atomic mass is 19.1. The first-order valence-electron chi connectivity index (χ1n) is 5.92. The Morgan fingerprint density at radius 1 is 1.25 bits per heavy atom. The minimum absolute atomic E-state index is 0.139. The molecule has 0 unspecified atom stereocenters. The van der Waals surface area contributed by atoms with Crippen LogP contribution in [0.25, 0.3) is 0 Å². The van der Waals surface area contributed by atoms with Crippen molar-refractivity contribution >= 4 is 0 Å². The summed E-state index contributed by atoms with van der Waals surface area (Å²) in [6, 6.07) is 6.85. The summed E-state index contributed by atoms with van der Waals surface area (Å²) in [5.74, 6) is -0.139. The summed E-state index contributed by atoms with van der Waals surface area (Å²) in [5, 5.41) is 3.42. The molecule has 0 bridgehead atoms. The fraction of sp³-hybridized carbons (Fsp3) is 0.571. The first-order valence-corrected chi connectivity index (χ1v) is 5.92. The standard InChI is InChI=1S/C14H22FN/c1-14(2,3)11-16-9-5-7-12-6-4-8-13(15)10-12/h4,6,8,10,16H,5,7,9,11H2,1-3H3. The highest BCUT2D eigenvalue weighted by Crippen LogP contribution is 2.10. The van der Waals surface area contributed by atoms with Crippen molar-refractivity contribution in [2.24, 2.45) is 5.41 Å². The van der Waals surface area contributed by atoms with Crippen LogP contribution in [0.4, 0.5) is 4.39 Å². The minimum Gasteiger partial charge on any atom is -0.316 e. The SMILES string of the molecule is CC(C)(C)CNCCCc1cccc(F)c1. The molecular weight excluding hydrogens is 201 g/mol. The van der Waals surface area contributed by atoms with E-state index in [9.17, 15) is 4.39 Å². The smallest absolute Gasteiger partial charge is 0.123 e. The maximum Gasteiger partial charge on any atom is 0.123 e. The Morgan fingerprint density at radius 2 is 2.00 bits per heavy atom. The van der Waals surface area contributed by atoms with Gasteiger partial charge in [0.2, 0.25) is 0 Å². The van der Waals surface area contributed by atoms with Crippen LogP contribution < -0.4 is 5.32 Å². The predicted molar refractivity (Wildman–Crippen MR) is 67.0 cm³/mol. The normalized spacial score (nSPS) is 11.8. The topological polar surface area (TPSA) is 12.0 Å². The molecule has 0 aliphatic carbocycles. The summed E-state index contributed by atoms with van der Waals surface area (Å²) in [5.41, 5.74) is 1.41. The largest absolute Gasteiger partial charge is 0.316 e. The van der Waals surface area contributed by atoms with Gasteiger partial charge >= 0.3 is 0 Å². The van der Waals surface area contributed by atoms with Crippen molar-refractivity contribution in [3.63, 3.8) is 0 Å². The molecular formula is C14H22FN. The van der Waals surface area contributed by atoms with Crippen LogP contribution in [0.1, 0.15) is 32.8 Å². The molecule has 0 radical (unpaired) electrons. The summed E-state index contributed by atoms with van der Waals surface area (Å²) in [6.45, 7) is 8.66. The van der Waals surface area contributed by atoms with Gasteiger partial charge in [-0.15, -0.1) is 0 Å². The van der Waals surface area contributed by atoms with Crippen molar-refractivity contribution in [2.75, 3.05) is 13.1 Å². The van der Waals surface area contributed by atoms with Crippen LogP contribution in [0.2, 0.25) is 0 Å². The Morgan fingerprint density at radius 3 is 2.62 bits per heavy atom. The molecule has 0 fully saturated rings. The molecule has 0 atom stereocenters. The second-order valence-electron chi connectivity index (χ2n) is 5.47. The van der Waals surface area contributed by atoms with Gasteiger partial charge in [-0.1, -0.05) is 32.9 Å². The molecule has 0 spiro atoms. The van der Waals surface area contributed by atoms with Gasteiger partial charge in [0.1, 0.15) is 5.82 Å². The van der Waals surface area contributed by atoms with Gasteiger partial charge in [-0.2, -0.15) is 0 Å². The van der Waals surface area contributed by atoms with Gasteiger partial charge in [0.15, 0.2) is 0 Å². The van der Waals surface area contributed by atoms with Crippen molar-refractivity contribution in [2.45, 2.75) is 33.6 Å². The third-order valence-electron chi connectivity index (χ3n) is 2.36. The Labute approximate surface area is 98.1 Å². The molecule has 0 heterocycles. The number of benzene rings is 1. The lowest BCUT2D eigenvalue weighted by atomic mass is 9.97. The molecule has 0 aliphatic rings. The minimum atomic E-state index is -0.139. The average molecular weight is 223 g/mol. The maximum absolute atomic E-state index is 12.9. The second kappa shape index (κ2) is 6.00. The van der Waals surface area contributed by atoms with Gasteiger partial charge < -0.3 is 5.32 Å². The number of rotatable bonds is 5. The number of halogens is 1. The van der Waals surface area contributed by atoms with E-state index in [2.05, 4.69) is 26.1 Å². The Balaban J connectivity index is 2.17. The molecule has 0 aliphatic heterocycles. The van der Waals surface area contributed by atoms with Gasteiger partial charge in [-0.05, 0) is 49.0 Å². The molecule has 1 N–H and O–H groups in total. The van der Waals surface area contributed by atoms with E-state index in [1.165, 1.54) is 6.07 Å². The molecule has 1 nitrogen and oxygen atoms in total. The number of aryl methyl sites for hydroxylation is 1. The Hall–Kier alpha value is -0.890. The van der Waals surface area contributed by atoms with Gasteiger partial charge in [0.05, 0.1) is 0 Å². The highest BCUT2D eigenvalue weighted by molar-refractivity contribution is 5.16. The van der Waals surface area contributed by atoms with Crippen molar-refractivity contribution in [1.82, 2.24) is 5.32 Å². The maximum atomic E-state index is 12.9. The molecule has 1 aromatic rings. The second-order valence-corrected chi connectivity index (χ2v) is 5.47. The molecule has 1 aromatic carbocycles. The van der Waals surface area contributed by atoms with E-state index in [1.54, 1.807) is 12.1 Å². The first-order chi connectivity index (χ1) is 7.47. The summed E-state index contributed by atoms with van der Waals surface area (Å²) in [6.07, 6.45) is 1.99.